The van der Waals surface area contributed by atoms with Crippen LogP contribution in [0, 0.1) is 5.41 Å². The highest BCUT2D eigenvalue weighted by molar-refractivity contribution is 8.13. The van der Waals surface area contributed by atoms with E-state index in [2.05, 4.69) is 10.6 Å². The van der Waals surface area contributed by atoms with Gasteiger partial charge in [-0.1, -0.05) is 25.6 Å². The number of ether oxygens (including phenoxy) is 1. The van der Waals surface area contributed by atoms with E-state index in [0.717, 1.165) is 11.8 Å². The van der Waals surface area contributed by atoms with E-state index in [0.29, 0.717) is 12.2 Å². The van der Waals surface area contributed by atoms with E-state index in [1.807, 2.05) is 0 Å². The Labute approximate surface area is 156 Å². The third-order valence-corrected chi connectivity index (χ3v) is 4.82. The Morgan fingerprint density at radius 3 is 2.58 bits per heavy atom. The SMILES string of the molecule is CC(C)(CO)[C@@H](O)C(=O)NCCC(=O)NCCSC(=O)C1CCC(=O)O1. The second-order valence-electron chi connectivity index (χ2n) is 6.62. The number of amides is 2. The zero-order valence-electron chi connectivity index (χ0n) is 14.9. The van der Waals surface area contributed by atoms with Crippen molar-refractivity contribution in [1.29, 1.82) is 0 Å². The van der Waals surface area contributed by atoms with Crippen molar-refractivity contribution in [1.82, 2.24) is 10.6 Å². The van der Waals surface area contributed by atoms with Crippen LogP contribution in [0.5, 0.6) is 0 Å². The van der Waals surface area contributed by atoms with Crippen molar-refractivity contribution >= 4 is 34.7 Å². The van der Waals surface area contributed by atoms with E-state index < -0.39 is 23.5 Å². The van der Waals surface area contributed by atoms with Crippen LogP contribution in [0.1, 0.15) is 33.1 Å². The molecular formula is C16H26N2O7S. The Balaban J connectivity index is 2.12. The minimum absolute atomic E-state index is 0.0247. The van der Waals surface area contributed by atoms with Crippen molar-refractivity contribution in [2.24, 2.45) is 5.41 Å². The predicted octanol–water partition coefficient (Wildman–Crippen LogP) is -1.05. The average molecular weight is 390 g/mol. The molecule has 0 aromatic carbocycles. The van der Waals surface area contributed by atoms with Gasteiger partial charge in [0.25, 0.3) is 0 Å². The van der Waals surface area contributed by atoms with Gasteiger partial charge in [0, 0.05) is 43.5 Å². The number of rotatable bonds is 10. The van der Waals surface area contributed by atoms with E-state index in [1.54, 1.807) is 13.8 Å². The fourth-order valence-electron chi connectivity index (χ4n) is 2.05. The second kappa shape index (κ2) is 10.5. The van der Waals surface area contributed by atoms with Gasteiger partial charge in [-0.05, 0) is 0 Å². The molecule has 1 heterocycles. The maximum Gasteiger partial charge on any atom is 0.306 e. The summed E-state index contributed by atoms with van der Waals surface area (Å²) in [6.45, 7) is 3.07. The van der Waals surface area contributed by atoms with Gasteiger partial charge in [0.2, 0.25) is 16.9 Å². The summed E-state index contributed by atoms with van der Waals surface area (Å²) in [5, 5.41) is 23.7. The Morgan fingerprint density at radius 2 is 2.00 bits per heavy atom. The lowest BCUT2D eigenvalue weighted by molar-refractivity contribution is -0.144. The number of carbonyl (C=O) groups is 4. The van der Waals surface area contributed by atoms with Gasteiger partial charge >= 0.3 is 5.97 Å². The largest absolute Gasteiger partial charge is 0.453 e. The van der Waals surface area contributed by atoms with Crippen molar-refractivity contribution in [2.75, 3.05) is 25.4 Å². The lowest BCUT2D eigenvalue weighted by Gasteiger charge is -2.27. The molecule has 1 saturated heterocycles. The highest BCUT2D eigenvalue weighted by Crippen LogP contribution is 2.20. The molecule has 1 fully saturated rings. The van der Waals surface area contributed by atoms with E-state index in [-0.39, 0.29) is 49.5 Å². The van der Waals surface area contributed by atoms with Gasteiger partial charge in [0.15, 0.2) is 6.10 Å². The maximum atomic E-state index is 11.7. The molecule has 0 radical (unpaired) electrons. The number of thioether (sulfide) groups is 1. The fourth-order valence-corrected chi connectivity index (χ4v) is 2.81. The van der Waals surface area contributed by atoms with Gasteiger partial charge in [-0.25, -0.2) is 0 Å². The highest BCUT2D eigenvalue weighted by atomic mass is 32.2. The maximum absolute atomic E-state index is 11.7. The molecule has 10 heteroatoms. The van der Waals surface area contributed by atoms with Crippen LogP contribution < -0.4 is 10.6 Å². The molecule has 0 aromatic heterocycles. The van der Waals surface area contributed by atoms with Gasteiger partial charge < -0.3 is 25.6 Å². The first-order valence-electron chi connectivity index (χ1n) is 8.37. The van der Waals surface area contributed by atoms with Crippen LogP contribution in [0.4, 0.5) is 0 Å². The molecule has 1 rings (SSSR count). The monoisotopic (exact) mass is 390 g/mol. The number of aliphatic hydroxyl groups excluding tert-OH is 2. The first-order valence-corrected chi connectivity index (χ1v) is 9.35. The Bertz CT molecular complexity index is 539. The van der Waals surface area contributed by atoms with E-state index in [4.69, 9.17) is 9.84 Å². The third-order valence-electron chi connectivity index (χ3n) is 3.86. The number of nitrogens with one attached hydrogen (secondary N) is 2. The summed E-state index contributed by atoms with van der Waals surface area (Å²) in [6.07, 6.45) is -1.38. The van der Waals surface area contributed by atoms with Crippen molar-refractivity contribution in [3.63, 3.8) is 0 Å². The van der Waals surface area contributed by atoms with Crippen LogP contribution in [-0.4, -0.2) is 70.8 Å². The van der Waals surface area contributed by atoms with Crippen molar-refractivity contribution in [3.05, 3.63) is 0 Å². The standard InChI is InChI=1S/C16H26N2O7S/c1-16(2,9-19)13(22)14(23)18-6-5-11(20)17-7-8-26-15(24)10-3-4-12(21)25-10/h10,13,19,22H,3-9H2,1-2H3,(H,17,20)(H,18,23)/t10?,13-/m0/s1. The summed E-state index contributed by atoms with van der Waals surface area (Å²) in [5.74, 6) is -0.966. The molecular weight excluding hydrogens is 364 g/mol. The predicted molar refractivity (Wildman–Crippen MR) is 94.1 cm³/mol. The summed E-state index contributed by atoms with van der Waals surface area (Å²) in [5.41, 5.74) is -0.969. The molecule has 4 N–H and O–H groups in total. The van der Waals surface area contributed by atoms with Gasteiger partial charge in [0.05, 0.1) is 6.61 Å². The highest BCUT2D eigenvalue weighted by Gasteiger charge is 2.32. The van der Waals surface area contributed by atoms with E-state index in [1.165, 1.54) is 0 Å². The fraction of sp³-hybridized carbons (Fsp3) is 0.750. The van der Waals surface area contributed by atoms with Crippen molar-refractivity contribution in [3.8, 4) is 0 Å². The summed E-state index contributed by atoms with van der Waals surface area (Å²) >= 11 is 0.998. The molecule has 0 aliphatic carbocycles. The number of esters is 1. The summed E-state index contributed by atoms with van der Waals surface area (Å²) in [7, 11) is 0. The zero-order valence-corrected chi connectivity index (χ0v) is 15.8. The first-order chi connectivity index (χ1) is 12.2. The van der Waals surface area contributed by atoms with Crippen LogP contribution >= 0.6 is 11.8 Å². The number of hydrogen-bond donors (Lipinski definition) is 4. The summed E-state index contributed by atoms with van der Waals surface area (Å²) in [4.78, 5) is 46.1. The van der Waals surface area contributed by atoms with Crippen LogP contribution in [0.2, 0.25) is 0 Å². The lowest BCUT2D eigenvalue weighted by atomic mass is 9.87. The van der Waals surface area contributed by atoms with E-state index >= 15 is 0 Å². The Kier molecular flexibility index (Phi) is 9.03. The first kappa shape index (κ1) is 22.4. The quantitative estimate of drug-likeness (QED) is 0.274. The van der Waals surface area contributed by atoms with Crippen LogP contribution in [-0.2, 0) is 23.9 Å². The van der Waals surface area contributed by atoms with Crippen molar-refractivity contribution < 1.29 is 34.1 Å². The molecule has 9 nitrogen and oxygen atoms in total. The van der Waals surface area contributed by atoms with Crippen LogP contribution in [0.25, 0.3) is 0 Å². The Hall–Kier alpha value is -1.65. The van der Waals surface area contributed by atoms with E-state index in [9.17, 15) is 24.3 Å². The van der Waals surface area contributed by atoms with Gasteiger partial charge in [-0.3, -0.25) is 19.2 Å². The number of carbonyl (C=O) groups excluding carboxylic acids is 4. The molecule has 148 valence electrons. The molecule has 0 saturated carbocycles. The summed E-state index contributed by atoms with van der Waals surface area (Å²) in [6, 6.07) is 0. The zero-order chi connectivity index (χ0) is 19.7. The van der Waals surface area contributed by atoms with Gasteiger partial charge in [-0.2, -0.15) is 0 Å². The Morgan fingerprint density at radius 1 is 1.31 bits per heavy atom. The molecule has 0 aromatic rings. The normalized spacial score (nSPS) is 18.2. The minimum atomic E-state index is -1.37. The minimum Gasteiger partial charge on any atom is -0.453 e. The van der Waals surface area contributed by atoms with Gasteiger partial charge in [0.1, 0.15) is 6.10 Å². The molecule has 1 unspecified atom stereocenters. The number of hydrogen-bond acceptors (Lipinski definition) is 8. The third kappa shape index (κ3) is 7.30. The van der Waals surface area contributed by atoms with Crippen LogP contribution in [0.15, 0.2) is 0 Å². The number of cyclic esters (lactones) is 1. The summed E-state index contributed by atoms with van der Waals surface area (Å²) < 4.78 is 4.86. The molecule has 2 amide bonds. The molecule has 2 atom stereocenters. The molecule has 26 heavy (non-hydrogen) atoms. The molecule has 0 bridgehead atoms. The lowest BCUT2D eigenvalue weighted by Crippen LogP contribution is -2.46. The smallest absolute Gasteiger partial charge is 0.306 e. The molecule has 0 spiro atoms. The second-order valence-corrected chi connectivity index (χ2v) is 7.72. The molecule has 1 aliphatic rings. The molecule has 1 aliphatic heterocycles. The number of aliphatic hydroxyl groups is 2. The van der Waals surface area contributed by atoms with Crippen molar-refractivity contribution in [2.45, 2.75) is 45.3 Å². The van der Waals surface area contributed by atoms with Gasteiger partial charge in [-0.15, -0.1) is 0 Å². The topological polar surface area (TPSA) is 142 Å². The average Bonchev–Trinajstić information content (AvgIpc) is 3.04. The van der Waals surface area contributed by atoms with Crippen LogP contribution in [0.3, 0.4) is 0 Å².